The van der Waals surface area contributed by atoms with Gasteiger partial charge in [0.2, 0.25) is 0 Å². The molecule has 0 heterocycles. The molecule has 26 heavy (non-hydrogen) atoms. The number of ketones is 1. The van der Waals surface area contributed by atoms with Gasteiger partial charge in [0.1, 0.15) is 11.6 Å². The van der Waals surface area contributed by atoms with Crippen LogP contribution in [0, 0.1) is 5.82 Å². The minimum absolute atomic E-state index is 0.115. The van der Waals surface area contributed by atoms with Gasteiger partial charge >= 0.3 is 5.97 Å². The SMILES string of the molecule is CC(=O)c1cccc(OCC(=O)OCC(=O)NCc2ccc(F)cc2)c1. The Labute approximate surface area is 149 Å². The maximum Gasteiger partial charge on any atom is 0.344 e. The molecule has 0 atom stereocenters. The standard InChI is InChI=1S/C19H18FNO5/c1-13(22)15-3-2-4-17(9-15)25-12-19(24)26-11-18(23)21-10-14-5-7-16(20)8-6-14/h2-9H,10-12H2,1H3,(H,21,23). The van der Waals surface area contributed by atoms with Gasteiger partial charge in [0.15, 0.2) is 19.0 Å². The average Bonchev–Trinajstić information content (AvgIpc) is 2.64. The van der Waals surface area contributed by atoms with Crippen molar-refractivity contribution in [3.05, 3.63) is 65.5 Å². The van der Waals surface area contributed by atoms with Gasteiger partial charge < -0.3 is 14.8 Å². The number of hydrogen-bond acceptors (Lipinski definition) is 5. The third-order valence-electron chi connectivity index (χ3n) is 3.36. The van der Waals surface area contributed by atoms with Crippen molar-refractivity contribution in [3.63, 3.8) is 0 Å². The highest BCUT2D eigenvalue weighted by Crippen LogP contribution is 2.13. The topological polar surface area (TPSA) is 81.7 Å². The molecular weight excluding hydrogens is 341 g/mol. The van der Waals surface area contributed by atoms with Gasteiger partial charge in [0.25, 0.3) is 5.91 Å². The molecule has 0 spiro atoms. The first-order valence-electron chi connectivity index (χ1n) is 7.84. The Kier molecular flexibility index (Phi) is 6.84. The number of benzene rings is 2. The van der Waals surface area contributed by atoms with E-state index in [0.29, 0.717) is 11.3 Å². The summed E-state index contributed by atoms with van der Waals surface area (Å²) in [5, 5.41) is 2.55. The number of rotatable bonds is 8. The van der Waals surface area contributed by atoms with E-state index in [2.05, 4.69) is 5.32 Å². The molecule has 0 saturated heterocycles. The zero-order valence-corrected chi connectivity index (χ0v) is 14.2. The number of hydrogen-bond donors (Lipinski definition) is 1. The van der Waals surface area contributed by atoms with E-state index in [9.17, 15) is 18.8 Å². The van der Waals surface area contributed by atoms with Crippen LogP contribution in [0.3, 0.4) is 0 Å². The molecule has 0 aliphatic carbocycles. The Morgan fingerprint density at radius 1 is 1.04 bits per heavy atom. The van der Waals surface area contributed by atoms with Gasteiger partial charge in [0, 0.05) is 12.1 Å². The van der Waals surface area contributed by atoms with Gasteiger partial charge in [-0.15, -0.1) is 0 Å². The number of carbonyl (C=O) groups is 3. The lowest BCUT2D eigenvalue weighted by molar-refractivity contribution is -0.150. The molecule has 0 saturated carbocycles. The lowest BCUT2D eigenvalue weighted by Crippen LogP contribution is -2.29. The van der Waals surface area contributed by atoms with Crippen molar-refractivity contribution in [2.75, 3.05) is 13.2 Å². The Bertz CT molecular complexity index is 789. The number of carbonyl (C=O) groups excluding carboxylic acids is 3. The normalized spacial score (nSPS) is 10.1. The summed E-state index contributed by atoms with van der Waals surface area (Å²) in [4.78, 5) is 34.5. The van der Waals surface area contributed by atoms with E-state index in [4.69, 9.17) is 9.47 Å². The molecule has 0 aromatic heterocycles. The predicted octanol–water partition coefficient (Wildman–Crippen LogP) is 2.27. The Balaban J connectivity index is 1.69. The van der Waals surface area contributed by atoms with Gasteiger partial charge in [-0.2, -0.15) is 0 Å². The van der Waals surface area contributed by atoms with Crippen LogP contribution in [-0.2, 0) is 20.9 Å². The minimum atomic E-state index is -0.713. The van der Waals surface area contributed by atoms with Gasteiger partial charge in [-0.3, -0.25) is 9.59 Å². The third kappa shape index (κ3) is 6.35. The van der Waals surface area contributed by atoms with E-state index >= 15 is 0 Å². The first kappa shape index (κ1) is 19.1. The number of nitrogens with one attached hydrogen (secondary N) is 1. The highest BCUT2D eigenvalue weighted by Gasteiger charge is 2.09. The first-order chi connectivity index (χ1) is 12.4. The summed E-state index contributed by atoms with van der Waals surface area (Å²) in [6.07, 6.45) is 0. The molecule has 1 amide bonds. The molecule has 0 unspecified atom stereocenters. The molecule has 0 fully saturated rings. The Morgan fingerprint density at radius 3 is 2.46 bits per heavy atom. The number of ether oxygens (including phenoxy) is 2. The zero-order chi connectivity index (χ0) is 18.9. The summed E-state index contributed by atoms with van der Waals surface area (Å²) < 4.78 is 22.8. The summed E-state index contributed by atoms with van der Waals surface area (Å²) in [6, 6.07) is 12.1. The van der Waals surface area contributed by atoms with Crippen molar-refractivity contribution in [2.24, 2.45) is 0 Å². The molecule has 0 aliphatic rings. The summed E-state index contributed by atoms with van der Waals surface area (Å²) in [6.45, 7) is 0.798. The predicted molar refractivity (Wildman–Crippen MR) is 91.1 cm³/mol. The number of halogens is 1. The largest absolute Gasteiger partial charge is 0.482 e. The summed E-state index contributed by atoms with van der Waals surface area (Å²) in [5.74, 6) is -1.31. The molecule has 0 radical (unpaired) electrons. The van der Waals surface area contributed by atoms with Crippen molar-refractivity contribution >= 4 is 17.7 Å². The molecule has 7 heteroatoms. The molecule has 136 valence electrons. The fourth-order valence-electron chi connectivity index (χ4n) is 1.99. The summed E-state index contributed by atoms with van der Waals surface area (Å²) in [5.41, 5.74) is 1.19. The van der Waals surface area contributed by atoms with Gasteiger partial charge in [0.05, 0.1) is 0 Å². The molecule has 2 aromatic rings. The van der Waals surface area contributed by atoms with Crippen LogP contribution in [-0.4, -0.2) is 30.9 Å². The zero-order valence-electron chi connectivity index (χ0n) is 14.2. The molecule has 1 N–H and O–H groups in total. The average molecular weight is 359 g/mol. The quantitative estimate of drug-likeness (QED) is 0.578. The second-order valence-corrected chi connectivity index (χ2v) is 5.44. The minimum Gasteiger partial charge on any atom is -0.482 e. The van der Waals surface area contributed by atoms with E-state index in [1.807, 2.05) is 0 Å². The van der Waals surface area contributed by atoms with Crippen molar-refractivity contribution < 1.29 is 28.2 Å². The number of amides is 1. The second-order valence-electron chi connectivity index (χ2n) is 5.44. The maximum atomic E-state index is 12.8. The van der Waals surface area contributed by atoms with Gasteiger partial charge in [-0.25, -0.2) is 9.18 Å². The van der Waals surface area contributed by atoms with Crippen LogP contribution >= 0.6 is 0 Å². The summed E-state index contributed by atoms with van der Waals surface area (Å²) >= 11 is 0. The third-order valence-corrected chi connectivity index (χ3v) is 3.36. The van der Waals surface area contributed by atoms with E-state index in [0.717, 1.165) is 5.56 Å². The molecule has 6 nitrogen and oxygen atoms in total. The Morgan fingerprint density at radius 2 is 1.77 bits per heavy atom. The van der Waals surface area contributed by atoms with E-state index in [1.165, 1.54) is 25.1 Å². The van der Waals surface area contributed by atoms with E-state index in [-0.39, 0.29) is 24.8 Å². The molecule has 2 rings (SSSR count). The number of esters is 1. The van der Waals surface area contributed by atoms with Crippen LogP contribution < -0.4 is 10.1 Å². The monoisotopic (exact) mass is 359 g/mol. The van der Waals surface area contributed by atoms with E-state index < -0.39 is 18.5 Å². The van der Waals surface area contributed by atoms with Crippen molar-refractivity contribution in [2.45, 2.75) is 13.5 Å². The van der Waals surface area contributed by atoms with E-state index in [1.54, 1.807) is 30.3 Å². The lowest BCUT2D eigenvalue weighted by Gasteiger charge is -2.08. The van der Waals surface area contributed by atoms with Crippen LogP contribution in [0.15, 0.2) is 48.5 Å². The molecule has 2 aromatic carbocycles. The van der Waals surface area contributed by atoms with Crippen LogP contribution in [0.2, 0.25) is 0 Å². The fourth-order valence-corrected chi connectivity index (χ4v) is 1.99. The lowest BCUT2D eigenvalue weighted by atomic mass is 10.1. The fraction of sp³-hybridized carbons (Fsp3) is 0.211. The van der Waals surface area contributed by atoms with Crippen molar-refractivity contribution in [3.8, 4) is 5.75 Å². The van der Waals surface area contributed by atoms with Crippen molar-refractivity contribution in [1.29, 1.82) is 0 Å². The van der Waals surface area contributed by atoms with Crippen molar-refractivity contribution in [1.82, 2.24) is 5.32 Å². The molecular formula is C19H18FNO5. The van der Waals surface area contributed by atoms with Crippen LogP contribution in [0.1, 0.15) is 22.8 Å². The second kappa shape index (κ2) is 9.31. The van der Waals surface area contributed by atoms with Gasteiger partial charge in [-0.05, 0) is 36.8 Å². The summed E-state index contributed by atoms with van der Waals surface area (Å²) in [7, 11) is 0. The molecule has 0 bridgehead atoms. The smallest absolute Gasteiger partial charge is 0.344 e. The Hall–Kier alpha value is -3.22. The molecule has 0 aliphatic heterocycles. The highest BCUT2D eigenvalue weighted by molar-refractivity contribution is 5.94. The van der Waals surface area contributed by atoms with Crippen LogP contribution in [0.4, 0.5) is 4.39 Å². The van der Waals surface area contributed by atoms with Crippen LogP contribution in [0.5, 0.6) is 5.75 Å². The van der Waals surface area contributed by atoms with Crippen LogP contribution in [0.25, 0.3) is 0 Å². The first-order valence-corrected chi connectivity index (χ1v) is 7.84. The number of Topliss-reactive ketones (excluding diaryl/α,β-unsaturated/α-hetero) is 1. The maximum absolute atomic E-state index is 12.8. The highest BCUT2D eigenvalue weighted by atomic mass is 19.1. The van der Waals surface area contributed by atoms with Gasteiger partial charge in [-0.1, -0.05) is 24.3 Å².